The van der Waals surface area contributed by atoms with Gasteiger partial charge in [-0.1, -0.05) is 37.5 Å². The number of carbonyl (C=O) groups excluding carboxylic acids is 2. The molecule has 1 saturated heterocycles. The fraction of sp³-hybridized carbons (Fsp3) is 0.500. The molecule has 1 aromatic carbocycles. The normalized spacial score (nSPS) is 19.3. The van der Waals surface area contributed by atoms with Gasteiger partial charge in [-0.05, 0) is 37.8 Å². The number of carbonyl (C=O) groups is 2. The van der Waals surface area contributed by atoms with Crippen LogP contribution >= 0.6 is 0 Å². The summed E-state index contributed by atoms with van der Waals surface area (Å²) in [5, 5.41) is 0.931. The molecule has 0 unspecified atom stereocenters. The third kappa shape index (κ3) is 3.68. The Labute approximate surface area is 159 Å². The minimum atomic E-state index is -0.427. The molecular weight excluding hydrogens is 338 g/mol. The van der Waals surface area contributed by atoms with Gasteiger partial charge in [0.15, 0.2) is 0 Å². The van der Waals surface area contributed by atoms with Crippen molar-refractivity contribution in [1.82, 2.24) is 9.88 Å². The fourth-order valence-electron chi connectivity index (χ4n) is 4.62. The van der Waals surface area contributed by atoms with Crippen LogP contribution in [0.3, 0.4) is 0 Å². The Morgan fingerprint density at radius 2 is 1.70 bits per heavy atom. The number of piperidine rings is 1. The summed E-state index contributed by atoms with van der Waals surface area (Å²) >= 11 is 0. The number of hydrogen-bond donors (Lipinski definition) is 1. The van der Waals surface area contributed by atoms with Crippen molar-refractivity contribution in [1.29, 1.82) is 0 Å². The molecule has 1 aromatic heterocycles. The maximum absolute atomic E-state index is 12.8. The molecule has 27 heavy (non-hydrogen) atoms. The van der Waals surface area contributed by atoms with Gasteiger partial charge >= 0.3 is 0 Å². The number of primary amides is 1. The number of nitrogens with zero attached hydrogens (tertiary/aromatic N) is 2. The molecule has 5 nitrogen and oxygen atoms in total. The van der Waals surface area contributed by atoms with Crippen LogP contribution in [0.5, 0.6) is 0 Å². The maximum Gasteiger partial charge on any atom is 0.250 e. The third-order valence-electron chi connectivity index (χ3n) is 6.17. The quantitative estimate of drug-likeness (QED) is 0.902. The molecule has 1 saturated carbocycles. The number of likely N-dealkylation sites (tertiary alicyclic amines) is 1. The van der Waals surface area contributed by atoms with Gasteiger partial charge in [0.05, 0.1) is 16.8 Å². The minimum absolute atomic E-state index is 0.174. The smallest absolute Gasteiger partial charge is 0.250 e. The van der Waals surface area contributed by atoms with E-state index < -0.39 is 5.91 Å². The van der Waals surface area contributed by atoms with Crippen molar-refractivity contribution in [3.8, 4) is 0 Å². The van der Waals surface area contributed by atoms with Gasteiger partial charge in [0, 0.05) is 30.3 Å². The van der Waals surface area contributed by atoms with Gasteiger partial charge in [0.2, 0.25) is 5.91 Å². The van der Waals surface area contributed by atoms with E-state index in [2.05, 4.69) is 0 Å². The molecule has 2 heterocycles. The van der Waals surface area contributed by atoms with Gasteiger partial charge in [0.1, 0.15) is 0 Å². The van der Waals surface area contributed by atoms with Crippen LogP contribution < -0.4 is 5.73 Å². The zero-order valence-corrected chi connectivity index (χ0v) is 15.7. The Bertz CT molecular complexity index is 850. The van der Waals surface area contributed by atoms with Gasteiger partial charge in [-0.15, -0.1) is 0 Å². The zero-order chi connectivity index (χ0) is 18.8. The van der Waals surface area contributed by atoms with E-state index in [1.54, 1.807) is 0 Å². The van der Waals surface area contributed by atoms with E-state index in [-0.39, 0.29) is 11.8 Å². The molecule has 2 aromatic rings. The van der Waals surface area contributed by atoms with E-state index in [4.69, 9.17) is 10.7 Å². The summed E-state index contributed by atoms with van der Waals surface area (Å²) in [6.45, 7) is 1.49. The monoisotopic (exact) mass is 365 g/mol. The Morgan fingerprint density at radius 1 is 1.00 bits per heavy atom. The van der Waals surface area contributed by atoms with Crippen LogP contribution in [-0.4, -0.2) is 34.8 Å². The van der Waals surface area contributed by atoms with Crippen LogP contribution in [-0.2, 0) is 4.79 Å². The summed E-state index contributed by atoms with van der Waals surface area (Å²) in [5.41, 5.74) is 7.85. The first kappa shape index (κ1) is 18.0. The zero-order valence-electron chi connectivity index (χ0n) is 15.7. The highest BCUT2D eigenvalue weighted by Gasteiger charge is 2.31. The van der Waals surface area contributed by atoms with Gasteiger partial charge in [-0.25, -0.2) is 0 Å². The fourth-order valence-corrected chi connectivity index (χ4v) is 4.62. The lowest BCUT2D eigenvalue weighted by Gasteiger charge is -2.35. The second kappa shape index (κ2) is 7.67. The van der Waals surface area contributed by atoms with E-state index in [0.29, 0.717) is 11.5 Å². The first-order valence-electron chi connectivity index (χ1n) is 10.1. The maximum atomic E-state index is 12.8. The minimum Gasteiger partial charge on any atom is -0.366 e. The average molecular weight is 365 g/mol. The van der Waals surface area contributed by atoms with Crippen molar-refractivity contribution in [2.75, 3.05) is 13.1 Å². The second-order valence-electron chi connectivity index (χ2n) is 7.91. The van der Waals surface area contributed by atoms with Crippen molar-refractivity contribution in [2.45, 2.75) is 50.9 Å². The van der Waals surface area contributed by atoms with Crippen molar-refractivity contribution in [2.24, 2.45) is 11.7 Å². The molecule has 2 N–H and O–H groups in total. The number of benzene rings is 1. The van der Waals surface area contributed by atoms with Crippen LogP contribution in [0, 0.1) is 5.92 Å². The summed E-state index contributed by atoms with van der Waals surface area (Å²) in [4.78, 5) is 31.6. The van der Waals surface area contributed by atoms with E-state index in [1.807, 2.05) is 35.2 Å². The lowest BCUT2D eigenvalue weighted by Crippen LogP contribution is -2.42. The van der Waals surface area contributed by atoms with Crippen LogP contribution in [0.25, 0.3) is 10.9 Å². The molecule has 2 amide bonds. The molecule has 1 aliphatic heterocycles. The molecule has 2 aliphatic rings. The number of rotatable bonds is 3. The lowest BCUT2D eigenvalue weighted by atomic mass is 9.86. The lowest BCUT2D eigenvalue weighted by molar-refractivity contribution is -0.137. The predicted octanol–water partition coefficient (Wildman–Crippen LogP) is 3.62. The topological polar surface area (TPSA) is 76.3 Å². The van der Waals surface area contributed by atoms with E-state index >= 15 is 0 Å². The van der Waals surface area contributed by atoms with Crippen LogP contribution in [0.15, 0.2) is 30.3 Å². The highest BCUT2D eigenvalue weighted by Crippen LogP contribution is 2.33. The Balaban J connectivity index is 1.51. The molecule has 0 atom stereocenters. The highest BCUT2D eigenvalue weighted by molar-refractivity contribution is 5.97. The average Bonchev–Trinajstić information content (AvgIpc) is 2.73. The molecule has 5 heteroatoms. The summed E-state index contributed by atoms with van der Waals surface area (Å²) in [6.07, 6.45) is 7.36. The van der Waals surface area contributed by atoms with Crippen LogP contribution in [0.4, 0.5) is 0 Å². The first-order chi connectivity index (χ1) is 13.1. The number of aromatic nitrogens is 1. The summed E-state index contributed by atoms with van der Waals surface area (Å²) < 4.78 is 0. The highest BCUT2D eigenvalue weighted by atomic mass is 16.2. The molecular formula is C22H27N3O2. The Kier molecular flexibility index (Phi) is 5.10. The SMILES string of the molecule is NC(=O)c1cc2ccccc2nc1C1CCN(C(=O)C2CCCCC2)CC1. The van der Waals surface area contributed by atoms with E-state index in [9.17, 15) is 9.59 Å². The van der Waals surface area contributed by atoms with E-state index in [1.165, 1.54) is 19.3 Å². The largest absolute Gasteiger partial charge is 0.366 e. The second-order valence-corrected chi connectivity index (χ2v) is 7.91. The first-order valence-corrected chi connectivity index (χ1v) is 10.1. The van der Waals surface area contributed by atoms with Crippen molar-refractivity contribution < 1.29 is 9.59 Å². The molecule has 2 fully saturated rings. The van der Waals surface area contributed by atoms with Gasteiger partial charge in [-0.3, -0.25) is 14.6 Å². The van der Waals surface area contributed by atoms with Gasteiger partial charge < -0.3 is 10.6 Å². The molecule has 0 spiro atoms. The number of fused-ring (bicyclic) bond motifs is 1. The van der Waals surface area contributed by atoms with E-state index in [0.717, 1.165) is 55.4 Å². The predicted molar refractivity (Wildman–Crippen MR) is 105 cm³/mol. The molecule has 1 aliphatic carbocycles. The van der Waals surface area contributed by atoms with Crippen molar-refractivity contribution in [3.05, 3.63) is 41.6 Å². The number of pyridine rings is 1. The number of nitrogens with two attached hydrogens (primary N) is 1. The molecule has 0 bridgehead atoms. The Hall–Kier alpha value is -2.43. The summed E-state index contributed by atoms with van der Waals surface area (Å²) in [5.74, 6) is 0.293. The van der Waals surface area contributed by atoms with Crippen molar-refractivity contribution >= 4 is 22.7 Å². The number of para-hydroxylation sites is 1. The standard InChI is InChI=1S/C22H27N3O2/c23-21(26)18-14-17-8-4-5-9-19(17)24-20(18)15-10-12-25(13-11-15)22(27)16-6-2-1-3-7-16/h4-5,8-9,14-16H,1-3,6-7,10-13H2,(H2,23,26). The van der Waals surface area contributed by atoms with Crippen LogP contribution in [0.1, 0.15) is 66.9 Å². The summed E-state index contributed by atoms with van der Waals surface area (Å²) in [6, 6.07) is 9.66. The van der Waals surface area contributed by atoms with Gasteiger partial charge in [0.25, 0.3) is 5.91 Å². The molecule has 0 radical (unpaired) electrons. The van der Waals surface area contributed by atoms with Crippen LogP contribution in [0.2, 0.25) is 0 Å². The van der Waals surface area contributed by atoms with Gasteiger partial charge in [-0.2, -0.15) is 0 Å². The number of hydrogen-bond acceptors (Lipinski definition) is 3. The number of amides is 2. The third-order valence-corrected chi connectivity index (χ3v) is 6.17. The Morgan fingerprint density at radius 3 is 2.41 bits per heavy atom. The summed E-state index contributed by atoms with van der Waals surface area (Å²) in [7, 11) is 0. The molecule has 4 rings (SSSR count). The molecule has 142 valence electrons. The van der Waals surface area contributed by atoms with Crippen molar-refractivity contribution in [3.63, 3.8) is 0 Å².